The molecule has 3 aromatic rings. The lowest BCUT2D eigenvalue weighted by atomic mass is 9.99. The van der Waals surface area contributed by atoms with Crippen LogP contribution in [-0.4, -0.2) is 21.7 Å². The van der Waals surface area contributed by atoms with E-state index in [1.54, 1.807) is 12.3 Å². The van der Waals surface area contributed by atoms with Crippen molar-refractivity contribution in [2.24, 2.45) is 0 Å². The van der Waals surface area contributed by atoms with Crippen LogP contribution in [0, 0.1) is 12.3 Å². The number of fused-ring (bicyclic) bond motifs is 1. The molecule has 37 heavy (non-hydrogen) atoms. The maximum atomic E-state index is 11.3. The number of rotatable bonds is 7. The molecule has 6 nitrogen and oxygen atoms in total. The molecule has 0 fully saturated rings. The van der Waals surface area contributed by atoms with Crippen LogP contribution in [0.15, 0.2) is 90.3 Å². The number of hydrogen-bond donors (Lipinski definition) is 1. The summed E-state index contributed by atoms with van der Waals surface area (Å²) in [6.45, 7) is 4.47. The third-order valence-corrected chi connectivity index (χ3v) is 6.29. The number of benzene rings is 2. The monoisotopic (exact) mass is 492 g/mol. The zero-order valence-electron chi connectivity index (χ0n) is 20.8. The SMILES string of the molecule is C#CCOc1ccc2nc(C(O)C3=COC=C(C4=CC=CCC4)O3)nc(-c3ccc(C(C)C)cc3)c2c1. The second kappa shape index (κ2) is 10.7. The summed E-state index contributed by atoms with van der Waals surface area (Å²) in [7, 11) is 0. The summed E-state index contributed by atoms with van der Waals surface area (Å²) in [6, 6.07) is 13.8. The van der Waals surface area contributed by atoms with E-state index in [0.29, 0.717) is 28.6 Å². The first-order chi connectivity index (χ1) is 18.0. The summed E-state index contributed by atoms with van der Waals surface area (Å²) >= 11 is 0. The van der Waals surface area contributed by atoms with E-state index in [2.05, 4.69) is 43.0 Å². The van der Waals surface area contributed by atoms with Crippen LogP contribution in [0.5, 0.6) is 5.75 Å². The Kier molecular flexibility index (Phi) is 7.07. The molecule has 2 aliphatic rings. The molecular formula is C31H28N2O4. The Morgan fingerprint density at radius 3 is 2.68 bits per heavy atom. The first-order valence-electron chi connectivity index (χ1n) is 12.3. The van der Waals surface area contributed by atoms with Crippen LogP contribution in [0.3, 0.4) is 0 Å². The molecule has 0 radical (unpaired) electrons. The van der Waals surface area contributed by atoms with Crippen molar-refractivity contribution in [2.45, 2.75) is 38.7 Å². The minimum Gasteiger partial charge on any atom is -0.481 e. The molecule has 0 amide bonds. The molecule has 0 spiro atoms. The maximum absolute atomic E-state index is 11.3. The average Bonchev–Trinajstić information content (AvgIpc) is 2.95. The Morgan fingerprint density at radius 2 is 1.95 bits per heavy atom. The first kappa shape index (κ1) is 24.4. The summed E-state index contributed by atoms with van der Waals surface area (Å²) in [5.74, 6) is 4.52. The van der Waals surface area contributed by atoms with Crippen molar-refractivity contribution in [3.8, 4) is 29.4 Å². The lowest BCUT2D eigenvalue weighted by molar-refractivity contribution is 0.107. The molecule has 1 aliphatic carbocycles. The number of aromatic nitrogens is 2. The zero-order valence-corrected chi connectivity index (χ0v) is 20.8. The molecule has 1 N–H and O–H groups in total. The van der Waals surface area contributed by atoms with Crippen LogP contribution in [-0.2, 0) is 9.47 Å². The minimum atomic E-state index is -1.22. The summed E-state index contributed by atoms with van der Waals surface area (Å²) in [6.07, 6.45) is 14.9. The zero-order chi connectivity index (χ0) is 25.8. The van der Waals surface area contributed by atoms with Crippen molar-refractivity contribution in [1.29, 1.82) is 0 Å². The highest BCUT2D eigenvalue weighted by Gasteiger charge is 2.26. The fourth-order valence-corrected chi connectivity index (χ4v) is 4.24. The van der Waals surface area contributed by atoms with Crippen LogP contribution in [0.25, 0.3) is 22.2 Å². The largest absolute Gasteiger partial charge is 0.481 e. The molecular weight excluding hydrogens is 464 g/mol. The van der Waals surface area contributed by atoms with Crippen molar-refractivity contribution in [1.82, 2.24) is 9.97 Å². The predicted molar refractivity (Wildman–Crippen MR) is 143 cm³/mol. The van der Waals surface area contributed by atoms with Gasteiger partial charge in [0.25, 0.3) is 0 Å². The van der Waals surface area contributed by atoms with Gasteiger partial charge in [-0.25, -0.2) is 9.97 Å². The quantitative estimate of drug-likeness (QED) is 0.381. The standard InChI is InChI=1S/C31H28N2O4/c1-4-16-36-24-14-15-26-25(17-24)29(23-12-10-21(11-13-23)20(2)3)33-31(32-26)30(34)28-19-35-18-27(37-28)22-8-6-5-7-9-22/h1,5-6,8,10-15,17-20,30,34H,7,9,16H2,2-3H3. The van der Waals surface area contributed by atoms with E-state index in [-0.39, 0.29) is 18.2 Å². The number of aliphatic hydroxyl groups is 1. The van der Waals surface area contributed by atoms with Gasteiger partial charge in [0, 0.05) is 10.9 Å². The van der Waals surface area contributed by atoms with Gasteiger partial charge < -0.3 is 19.3 Å². The van der Waals surface area contributed by atoms with E-state index < -0.39 is 6.10 Å². The molecule has 5 rings (SSSR count). The molecule has 0 bridgehead atoms. The van der Waals surface area contributed by atoms with Crippen LogP contribution in [0.1, 0.15) is 50.1 Å². The van der Waals surface area contributed by atoms with Gasteiger partial charge in [-0.3, -0.25) is 0 Å². The normalized spacial score (nSPS) is 15.7. The van der Waals surface area contributed by atoms with Gasteiger partial charge in [0.05, 0.1) is 11.2 Å². The molecule has 0 saturated heterocycles. The number of aliphatic hydroxyl groups excluding tert-OH is 1. The second-order valence-electron chi connectivity index (χ2n) is 9.18. The van der Waals surface area contributed by atoms with Crippen LogP contribution in [0.4, 0.5) is 0 Å². The van der Waals surface area contributed by atoms with Gasteiger partial charge in [-0.2, -0.15) is 0 Å². The Labute approximate surface area is 216 Å². The van der Waals surface area contributed by atoms with E-state index in [9.17, 15) is 5.11 Å². The van der Waals surface area contributed by atoms with Crippen molar-refractivity contribution in [2.75, 3.05) is 6.61 Å². The predicted octanol–water partition coefficient (Wildman–Crippen LogP) is 6.47. The van der Waals surface area contributed by atoms with Gasteiger partial charge in [0.15, 0.2) is 23.4 Å². The maximum Gasteiger partial charge on any atom is 0.175 e. The van der Waals surface area contributed by atoms with Crippen LogP contribution < -0.4 is 4.74 Å². The third kappa shape index (κ3) is 5.28. The molecule has 2 aromatic carbocycles. The van der Waals surface area contributed by atoms with Gasteiger partial charge >= 0.3 is 0 Å². The molecule has 1 atom stereocenters. The fourth-order valence-electron chi connectivity index (χ4n) is 4.24. The minimum absolute atomic E-state index is 0.162. The Morgan fingerprint density at radius 1 is 1.11 bits per heavy atom. The smallest absolute Gasteiger partial charge is 0.175 e. The van der Waals surface area contributed by atoms with E-state index in [4.69, 9.17) is 25.6 Å². The number of ether oxygens (including phenoxy) is 3. The molecule has 0 saturated carbocycles. The van der Waals surface area contributed by atoms with E-state index in [1.807, 2.05) is 36.4 Å². The summed E-state index contributed by atoms with van der Waals surface area (Å²) in [5, 5.41) is 12.1. The van der Waals surface area contributed by atoms with Crippen molar-refractivity contribution < 1.29 is 19.3 Å². The number of terminal acetylenes is 1. The van der Waals surface area contributed by atoms with Gasteiger partial charge in [0.1, 0.15) is 24.9 Å². The van der Waals surface area contributed by atoms with Gasteiger partial charge in [0.2, 0.25) is 0 Å². The summed E-state index contributed by atoms with van der Waals surface area (Å²) in [5.41, 5.74) is 4.46. The van der Waals surface area contributed by atoms with Crippen LogP contribution >= 0.6 is 0 Å². The molecule has 2 heterocycles. The highest BCUT2D eigenvalue weighted by Crippen LogP contribution is 2.35. The second-order valence-corrected chi connectivity index (χ2v) is 9.18. The third-order valence-electron chi connectivity index (χ3n) is 6.29. The fraction of sp³-hybridized carbons (Fsp3) is 0.226. The number of nitrogens with zero attached hydrogens (tertiary/aromatic N) is 2. The van der Waals surface area contributed by atoms with Crippen LogP contribution in [0.2, 0.25) is 0 Å². The average molecular weight is 493 g/mol. The Bertz CT molecular complexity index is 1470. The lowest BCUT2D eigenvalue weighted by Gasteiger charge is -2.22. The van der Waals surface area contributed by atoms with Gasteiger partial charge in [-0.1, -0.05) is 62.3 Å². The summed E-state index contributed by atoms with van der Waals surface area (Å²) in [4.78, 5) is 9.46. The van der Waals surface area contributed by atoms with E-state index in [0.717, 1.165) is 29.4 Å². The highest BCUT2D eigenvalue weighted by atomic mass is 16.6. The summed E-state index contributed by atoms with van der Waals surface area (Å²) < 4.78 is 17.2. The molecule has 1 unspecified atom stereocenters. The van der Waals surface area contributed by atoms with E-state index in [1.165, 1.54) is 11.8 Å². The molecule has 1 aliphatic heterocycles. The molecule has 1 aromatic heterocycles. The lowest BCUT2D eigenvalue weighted by Crippen LogP contribution is -2.13. The molecule has 186 valence electrons. The van der Waals surface area contributed by atoms with Crippen molar-refractivity contribution in [3.05, 3.63) is 102 Å². The van der Waals surface area contributed by atoms with Gasteiger partial charge in [-0.15, -0.1) is 6.42 Å². The highest BCUT2D eigenvalue weighted by molar-refractivity contribution is 5.93. The van der Waals surface area contributed by atoms with E-state index >= 15 is 0 Å². The number of hydrogen-bond acceptors (Lipinski definition) is 6. The van der Waals surface area contributed by atoms with Gasteiger partial charge in [-0.05, 0) is 48.1 Å². The Balaban J connectivity index is 1.53. The van der Waals surface area contributed by atoms with Crippen molar-refractivity contribution >= 4 is 10.9 Å². The topological polar surface area (TPSA) is 73.7 Å². The Hall–Kier alpha value is -4.34. The number of allylic oxidation sites excluding steroid dienone is 4. The molecule has 6 heteroatoms. The van der Waals surface area contributed by atoms with Crippen molar-refractivity contribution in [3.63, 3.8) is 0 Å². The first-order valence-corrected chi connectivity index (χ1v) is 12.3.